The number of carbonyl (C=O) groups is 3. The number of ether oxygens (including phenoxy) is 3. The Hall–Kier alpha value is -4.06. The highest BCUT2D eigenvalue weighted by atomic mass is 32.2. The standard InChI is InChI=1S/C22H24N4O8S.CH4O3S/c23-22(24)25-16-3-1-15(2-4-16)21(29)34-17-5-7-18(8-6-17)35(30,31)14-20(28)33-13-19(27)26-9-11-32-12-10-26;1-5(2,3)4/h1-8H,9-14H2,(H4,23,24,25);1H3,(H,2,3,4). The van der Waals surface area contributed by atoms with Crippen molar-refractivity contribution in [1.29, 1.82) is 0 Å². The average molecular weight is 601 g/mol. The Kier molecular flexibility index (Phi) is 11.5. The number of nitrogens with zero attached hydrogens (tertiary/aromatic N) is 1. The number of amides is 1. The number of nitrogens with one attached hydrogen (secondary N) is 1. The summed E-state index contributed by atoms with van der Waals surface area (Å²) in [5, 5.41) is 0. The van der Waals surface area contributed by atoms with Gasteiger partial charge in [0, 0.05) is 19.3 Å². The SMILES string of the molecule is CS(=O)(=O)[O-].NC(N)=[NH+]c1ccc(C(=O)Oc2ccc(S(=O)(=O)CC(=O)OCC(=O)N3CCOCC3)cc2)cc1. The van der Waals surface area contributed by atoms with Crippen LogP contribution in [0, 0.1) is 0 Å². The van der Waals surface area contributed by atoms with E-state index in [-0.39, 0.29) is 22.2 Å². The minimum atomic E-state index is -4.03. The number of esters is 2. The van der Waals surface area contributed by atoms with Crippen LogP contribution in [-0.2, 0) is 39.0 Å². The van der Waals surface area contributed by atoms with Crippen LogP contribution in [0.5, 0.6) is 5.75 Å². The van der Waals surface area contributed by atoms with Crippen molar-refractivity contribution in [3.05, 3.63) is 54.1 Å². The summed E-state index contributed by atoms with van der Waals surface area (Å²) < 4.78 is 67.5. The number of guanidine groups is 1. The van der Waals surface area contributed by atoms with E-state index in [1.807, 2.05) is 0 Å². The zero-order valence-corrected chi connectivity index (χ0v) is 22.9. The fourth-order valence-corrected chi connectivity index (χ4v) is 4.17. The van der Waals surface area contributed by atoms with Crippen molar-refractivity contribution in [1.82, 2.24) is 4.90 Å². The summed E-state index contributed by atoms with van der Waals surface area (Å²) in [6.45, 7) is 1.02. The predicted molar refractivity (Wildman–Crippen MR) is 138 cm³/mol. The van der Waals surface area contributed by atoms with Gasteiger partial charge in [-0.25, -0.2) is 26.6 Å². The Balaban J connectivity index is 0.00000103. The normalized spacial score (nSPS) is 13.3. The average Bonchev–Trinajstić information content (AvgIpc) is 2.87. The lowest BCUT2D eigenvalue weighted by molar-refractivity contribution is -0.356. The van der Waals surface area contributed by atoms with Gasteiger partial charge in [0.25, 0.3) is 5.91 Å². The maximum Gasteiger partial charge on any atom is 0.343 e. The maximum absolute atomic E-state index is 12.5. The lowest BCUT2D eigenvalue weighted by Gasteiger charge is -2.26. The van der Waals surface area contributed by atoms with Crippen LogP contribution in [0.2, 0.25) is 0 Å². The molecule has 0 radical (unpaired) electrons. The van der Waals surface area contributed by atoms with E-state index in [0.29, 0.717) is 38.2 Å². The van der Waals surface area contributed by atoms with E-state index < -0.39 is 50.2 Å². The highest BCUT2D eigenvalue weighted by molar-refractivity contribution is 7.92. The first-order valence-electron chi connectivity index (χ1n) is 11.4. The molecule has 2 aromatic carbocycles. The van der Waals surface area contributed by atoms with E-state index >= 15 is 0 Å². The molecule has 5 N–H and O–H groups in total. The zero-order chi connectivity index (χ0) is 29.9. The quantitative estimate of drug-likeness (QED) is 0.0915. The second-order valence-corrected chi connectivity index (χ2v) is 11.5. The van der Waals surface area contributed by atoms with E-state index in [9.17, 15) is 22.8 Å². The lowest BCUT2D eigenvalue weighted by atomic mass is 10.2. The molecule has 0 aromatic heterocycles. The molecule has 1 aliphatic heterocycles. The van der Waals surface area contributed by atoms with Crippen molar-refractivity contribution in [2.75, 3.05) is 44.9 Å². The molecule has 1 fully saturated rings. The molecule has 1 aliphatic rings. The van der Waals surface area contributed by atoms with E-state index in [4.69, 9.17) is 38.6 Å². The molecule has 0 unspecified atom stereocenters. The van der Waals surface area contributed by atoms with Gasteiger partial charge in [-0.2, -0.15) is 0 Å². The maximum atomic E-state index is 12.5. The Bertz CT molecular complexity index is 1420. The van der Waals surface area contributed by atoms with Crippen LogP contribution in [0.15, 0.2) is 53.4 Å². The summed E-state index contributed by atoms with van der Waals surface area (Å²) in [5.74, 6) is -2.95. The third-order valence-corrected chi connectivity index (χ3v) is 6.44. The van der Waals surface area contributed by atoms with Crippen LogP contribution < -0.4 is 21.2 Å². The summed E-state index contributed by atoms with van der Waals surface area (Å²) in [4.78, 5) is 40.3. The van der Waals surface area contributed by atoms with Gasteiger partial charge in [0.1, 0.15) is 5.75 Å². The summed E-state index contributed by atoms with van der Waals surface area (Å²) in [6.07, 6.45) is 0.604. The van der Waals surface area contributed by atoms with Crippen molar-refractivity contribution in [2.24, 2.45) is 11.5 Å². The Labute approximate surface area is 230 Å². The summed E-state index contributed by atoms with van der Waals surface area (Å²) in [5.41, 5.74) is 11.5. The molecule has 0 atom stereocenters. The van der Waals surface area contributed by atoms with E-state index in [0.717, 1.165) is 0 Å². The topological polar surface area (TPSA) is 239 Å². The minimum Gasteiger partial charge on any atom is -0.748 e. The van der Waals surface area contributed by atoms with E-state index in [1.165, 1.54) is 41.3 Å². The summed E-state index contributed by atoms with van der Waals surface area (Å²) >= 11 is 0. The molecular weight excluding hydrogens is 572 g/mol. The zero-order valence-electron chi connectivity index (χ0n) is 21.3. The number of rotatable bonds is 8. The smallest absolute Gasteiger partial charge is 0.343 e. The van der Waals surface area contributed by atoms with Crippen LogP contribution >= 0.6 is 0 Å². The largest absolute Gasteiger partial charge is 0.748 e. The van der Waals surface area contributed by atoms with Crippen molar-refractivity contribution < 1.29 is 55.0 Å². The first kappa shape index (κ1) is 32.2. The number of nitrogens with two attached hydrogens (primary N) is 2. The second kappa shape index (κ2) is 14.4. The molecule has 0 bridgehead atoms. The van der Waals surface area contributed by atoms with Crippen molar-refractivity contribution >= 4 is 49.4 Å². The molecule has 0 aliphatic carbocycles. The van der Waals surface area contributed by atoms with E-state index in [1.54, 1.807) is 12.1 Å². The third kappa shape index (κ3) is 11.8. The molecule has 15 nitrogen and oxygen atoms in total. The molecule has 1 saturated heterocycles. The fraction of sp³-hybridized carbons (Fsp3) is 0.304. The van der Waals surface area contributed by atoms with Gasteiger partial charge < -0.3 is 23.7 Å². The molecule has 17 heteroatoms. The van der Waals surface area contributed by atoms with Crippen LogP contribution in [0.3, 0.4) is 0 Å². The van der Waals surface area contributed by atoms with Gasteiger partial charge >= 0.3 is 17.9 Å². The Morgan fingerprint density at radius 1 is 0.975 bits per heavy atom. The highest BCUT2D eigenvalue weighted by Gasteiger charge is 2.23. The first-order chi connectivity index (χ1) is 18.6. The fourth-order valence-electron chi connectivity index (χ4n) is 3.06. The van der Waals surface area contributed by atoms with Gasteiger partial charge in [0.2, 0.25) is 0 Å². The van der Waals surface area contributed by atoms with E-state index in [2.05, 4.69) is 4.99 Å². The van der Waals surface area contributed by atoms with Crippen LogP contribution in [0.4, 0.5) is 5.69 Å². The third-order valence-electron chi connectivity index (χ3n) is 4.83. The first-order valence-corrected chi connectivity index (χ1v) is 14.8. The number of hydrogen-bond donors (Lipinski definition) is 3. The van der Waals surface area contributed by atoms with Gasteiger partial charge in [0.15, 0.2) is 22.2 Å². The number of morpholine rings is 1. The molecule has 218 valence electrons. The van der Waals surface area contributed by atoms with Crippen molar-refractivity contribution in [3.8, 4) is 5.75 Å². The van der Waals surface area contributed by atoms with Gasteiger partial charge in [-0.1, -0.05) is 0 Å². The van der Waals surface area contributed by atoms with Gasteiger partial charge in [-0.15, -0.1) is 0 Å². The number of sulfone groups is 1. The Morgan fingerprint density at radius 3 is 2.05 bits per heavy atom. The number of benzene rings is 2. The van der Waals surface area contributed by atoms with Gasteiger partial charge in [-0.3, -0.25) is 21.1 Å². The van der Waals surface area contributed by atoms with Gasteiger partial charge in [0.05, 0.1) is 39.5 Å². The molecule has 40 heavy (non-hydrogen) atoms. The molecule has 0 spiro atoms. The molecule has 0 saturated carbocycles. The van der Waals surface area contributed by atoms with Crippen LogP contribution in [-0.4, -0.2) is 95.0 Å². The number of carbonyl (C=O) groups excluding carboxylic acids is 3. The molecular formula is C23H28N4O11S2. The van der Waals surface area contributed by atoms with Crippen LogP contribution in [0.1, 0.15) is 10.4 Å². The Morgan fingerprint density at radius 2 is 1.52 bits per heavy atom. The van der Waals surface area contributed by atoms with Crippen molar-refractivity contribution in [2.45, 2.75) is 4.90 Å². The predicted octanol–water partition coefficient (Wildman–Crippen LogP) is -2.77. The molecule has 2 aromatic rings. The monoisotopic (exact) mass is 600 g/mol. The molecule has 1 heterocycles. The molecule has 3 rings (SSSR count). The highest BCUT2D eigenvalue weighted by Crippen LogP contribution is 2.19. The second-order valence-electron chi connectivity index (χ2n) is 8.14. The minimum absolute atomic E-state index is 0.00473. The lowest BCUT2D eigenvalue weighted by Crippen LogP contribution is -2.72. The van der Waals surface area contributed by atoms with Crippen molar-refractivity contribution in [3.63, 3.8) is 0 Å². The summed E-state index contributed by atoms with van der Waals surface area (Å²) in [6, 6.07) is 11.2. The van der Waals surface area contributed by atoms with Gasteiger partial charge in [-0.05, 0) is 48.5 Å². The van der Waals surface area contributed by atoms with Crippen LogP contribution in [0.25, 0.3) is 0 Å². The number of hydrogen-bond acceptors (Lipinski definition) is 11. The molecule has 1 amide bonds. The summed E-state index contributed by atoms with van der Waals surface area (Å²) in [7, 11) is -7.95.